The van der Waals surface area contributed by atoms with Crippen LogP contribution in [0.5, 0.6) is 0 Å². The van der Waals surface area contributed by atoms with E-state index in [1.54, 1.807) is 11.3 Å². The van der Waals surface area contributed by atoms with Gasteiger partial charge in [-0.3, -0.25) is 4.99 Å². The zero-order valence-electron chi connectivity index (χ0n) is 13.3. The molecule has 0 amide bonds. The van der Waals surface area contributed by atoms with Crippen molar-refractivity contribution in [1.29, 1.82) is 0 Å². The maximum atomic E-state index is 4.82. The maximum Gasteiger partial charge on any atom is 0.0699 e. The molecule has 2 rings (SSSR count). The van der Waals surface area contributed by atoms with Crippen molar-refractivity contribution >= 4 is 29.3 Å². The third kappa shape index (κ3) is 3.70. The molecule has 1 aromatic carbocycles. The summed E-state index contributed by atoms with van der Waals surface area (Å²) in [7, 11) is 0. The number of hydrogen-bond donors (Lipinski definition) is 0. The highest BCUT2D eigenvalue weighted by Gasteiger charge is 2.12. The Morgan fingerprint density at radius 1 is 0.952 bits per heavy atom. The van der Waals surface area contributed by atoms with Crippen LogP contribution in [0.2, 0.25) is 0 Å². The van der Waals surface area contributed by atoms with Crippen LogP contribution < -0.4 is 0 Å². The van der Waals surface area contributed by atoms with Gasteiger partial charge < -0.3 is 0 Å². The van der Waals surface area contributed by atoms with E-state index in [4.69, 9.17) is 4.99 Å². The van der Waals surface area contributed by atoms with Gasteiger partial charge in [-0.05, 0) is 35.1 Å². The number of hydrogen-bond acceptors (Lipinski definition) is 2. The monoisotopic (exact) mass is 297 g/mol. The van der Waals surface area contributed by atoms with Crippen LogP contribution in [0.1, 0.15) is 60.4 Å². The zero-order valence-corrected chi connectivity index (χ0v) is 14.1. The molecule has 0 radical (unpaired) electrons. The van der Waals surface area contributed by atoms with Crippen molar-refractivity contribution in [1.82, 2.24) is 0 Å². The fourth-order valence-corrected chi connectivity index (χ4v) is 3.07. The van der Waals surface area contributed by atoms with E-state index in [0.717, 1.165) is 10.6 Å². The Morgan fingerprint density at radius 3 is 2.00 bits per heavy atom. The van der Waals surface area contributed by atoms with Crippen LogP contribution in [-0.4, -0.2) is 6.21 Å². The molecule has 0 spiro atoms. The molecule has 2 heteroatoms. The summed E-state index contributed by atoms with van der Waals surface area (Å²) in [6.45, 7) is 12.7. The number of nitrogens with zero attached hydrogens (tertiary/aromatic N) is 1. The van der Waals surface area contributed by atoms with Crippen molar-refractivity contribution in [2.24, 2.45) is 4.99 Å². The number of thiophene rings is 1. The van der Waals surface area contributed by atoms with Crippen LogP contribution in [-0.2, 0) is 0 Å². The van der Waals surface area contributed by atoms with Gasteiger partial charge in [-0.2, -0.15) is 0 Å². The SMILES string of the molecule is C=Cc1ccc(C=Nc2c(C(C)C)cccc2C(C)C)s1. The normalized spacial score (nSPS) is 11.7. The largest absolute Gasteiger partial charge is 0.255 e. The molecule has 0 atom stereocenters. The lowest BCUT2D eigenvalue weighted by atomic mass is 9.93. The van der Waals surface area contributed by atoms with E-state index in [1.165, 1.54) is 16.0 Å². The van der Waals surface area contributed by atoms with Gasteiger partial charge in [0, 0.05) is 16.0 Å². The molecule has 0 saturated heterocycles. The van der Waals surface area contributed by atoms with E-state index in [2.05, 4.69) is 64.6 Å². The lowest BCUT2D eigenvalue weighted by Crippen LogP contribution is -1.95. The summed E-state index contributed by atoms with van der Waals surface area (Å²) in [5.41, 5.74) is 3.77. The fourth-order valence-electron chi connectivity index (χ4n) is 2.34. The van der Waals surface area contributed by atoms with Gasteiger partial charge in [-0.25, -0.2) is 0 Å². The van der Waals surface area contributed by atoms with E-state index < -0.39 is 0 Å². The minimum absolute atomic E-state index is 0.475. The minimum Gasteiger partial charge on any atom is -0.255 e. The van der Waals surface area contributed by atoms with Crippen LogP contribution in [0.3, 0.4) is 0 Å². The van der Waals surface area contributed by atoms with Crippen molar-refractivity contribution in [3.8, 4) is 0 Å². The molecular formula is C19H23NS. The Kier molecular flexibility index (Phi) is 5.13. The molecule has 0 fully saturated rings. The molecule has 1 aromatic heterocycles. The molecule has 0 saturated carbocycles. The molecule has 0 unspecified atom stereocenters. The number of aliphatic imine (C=N–C) groups is 1. The predicted molar refractivity (Wildman–Crippen MR) is 96.3 cm³/mol. The molecule has 0 bridgehead atoms. The maximum absolute atomic E-state index is 4.82. The van der Waals surface area contributed by atoms with E-state index in [9.17, 15) is 0 Å². The summed E-state index contributed by atoms with van der Waals surface area (Å²) in [6, 6.07) is 10.7. The van der Waals surface area contributed by atoms with Crippen LogP contribution in [0.25, 0.3) is 6.08 Å². The lowest BCUT2D eigenvalue weighted by Gasteiger charge is -2.16. The number of para-hydroxylation sites is 1. The van der Waals surface area contributed by atoms with Crippen molar-refractivity contribution < 1.29 is 0 Å². The fraction of sp³-hybridized carbons (Fsp3) is 0.316. The highest BCUT2D eigenvalue weighted by atomic mass is 32.1. The highest BCUT2D eigenvalue weighted by Crippen LogP contribution is 2.34. The lowest BCUT2D eigenvalue weighted by molar-refractivity contribution is 0.835. The van der Waals surface area contributed by atoms with E-state index >= 15 is 0 Å². The Labute approximate surface area is 132 Å². The second-order valence-electron chi connectivity index (χ2n) is 5.80. The summed E-state index contributed by atoms with van der Waals surface area (Å²) in [5, 5.41) is 0. The minimum atomic E-state index is 0.475. The molecule has 0 aliphatic heterocycles. The number of rotatable bonds is 5. The van der Waals surface area contributed by atoms with E-state index in [0.29, 0.717) is 11.8 Å². The van der Waals surface area contributed by atoms with Gasteiger partial charge in [-0.15, -0.1) is 11.3 Å². The van der Waals surface area contributed by atoms with Crippen molar-refractivity contribution in [3.63, 3.8) is 0 Å². The third-order valence-electron chi connectivity index (χ3n) is 3.51. The zero-order chi connectivity index (χ0) is 15.4. The van der Waals surface area contributed by atoms with Crippen LogP contribution in [0.15, 0.2) is 41.9 Å². The van der Waals surface area contributed by atoms with Gasteiger partial charge in [0.2, 0.25) is 0 Å². The molecule has 110 valence electrons. The molecule has 2 aromatic rings. The first-order valence-electron chi connectivity index (χ1n) is 7.42. The number of benzene rings is 1. The smallest absolute Gasteiger partial charge is 0.0699 e. The Morgan fingerprint density at radius 2 is 1.52 bits per heavy atom. The van der Waals surface area contributed by atoms with Gasteiger partial charge >= 0.3 is 0 Å². The average Bonchev–Trinajstić information content (AvgIpc) is 2.92. The van der Waals surface area contributed by atoms with Crippen LogP contribution in [0.4, 0.5) is 5.69 Å². The summed E-state index contributed by atoms with van der Waals surface area (Å²) >= 11 is 1.71. The summed E-state index contributed by atoms with van der Waals surface area (Å²) in [5.74, 6) is 0.950. The first-order valence-corrected chi connectivity index (χ1v) is 8.23. The molecular weight excluding hydrogens is 274 g/mol. The van der Waals surface area contributed by atoms with Gasteiger partial charge in [0.25, 0.3) is 0 Å². The second kappa shape index (κ2) is 6.86. The summed E-state index contributed by atoms with van der Waals surface area (Å²) in [4.78, 5) is 7.16. The van der Waals surface area contributed by atoms with Crippen LogP contribution in [0, 0.1) is 0 Å². The molecule has 21 heavy (non-hydrogen) atoms. The molecule has 0 aliphatic rings. The quantitative estimate of drug-likeness (QED) is 0.567. The van der Waals surface area contributed by atoms with Gasteiger partial charge in [0.15, 0.2) is 0 Å². The van der Waals surface area contributed by atoms with E-state index in [1.807, 2.05) is 12.3 Å². The van der Waals surface area contributed by atoms with Gasteiger partial charge in [0.05, 0.1) is 5.69 Å². The second-order valence-corrected chi connectivity index (χ2v) is 6.94. The molecule has 0 N–H and O–H groups in total. The van der Waals surface area contributed by atoms with Gasteiger partial charge in [-0.1, -0.05) is 58.5 Å². The summed E-state index contributed by atoms with van der Waals surface area (Å²) in [6.07, 6.45) is 3.86. The Hall–Kier alpha value is -1.67. The summed E-state index contributed by atoms with van der Waals surface area (Å²) < 4.78 is 0. The Balaban J connectivity index is 2.43. The van der Waals surface area contributed by atoms with Gasteiger partial charge in [0.1, 0.15) is 0 Å². The molecule has 1 nitrogen and oxygen atoms in total. The first-order chi connectivity index (χ1) is 10.0. The molecule has 1 heterocycles. The van der Waals surface area contributed by atoms with Crippen molar-refractivity contribution in [2.45, 2.75) is 39.5 Å². The van der Waals surface area contributed by atoms with E-state index in [-0.39, 0.29) is 0 Å². The van der Waals surface area contributed by atoms with Crippen molar-refractivity contribution in [2.75, 3.05) is 0 Å². The standard InChI is InChI=1S/C19H23NS/c1-6-15-10-11-16(21-15)12-20-19-17(13(2)3)8-7-9-18(19)14(4)5/h6-14H,1H2,2-5H3. The third-order valence-corrected chi connectivity index (χ3v) is 4.53. The predicted octanol–water partition coefficient (Wildman–Crippen LogP) is 6.39. The van der Waals surface area contributed by atoms with Crippen molar-refractivity contribution in [3.05, 3.63) is 57.8 Å². The molecule has 0 aliphatic carbocycles. The van der Waals surface area contributed by atoms with Crippen LogP contribution >= 0.6 is 11.3 Å². The first kappa shape index (κ1) is 15.7. The average molecular weight is 297 g/mol. The topological polar surface area (TPSA) is 12.4 Å². The highest BCUT2D eigenvalue weighted by molar-refractivity contribution is 7.14. The Bertz CT molecular complexity index is 621.